The third-order valence-electron chi connectivity index (χ3n) is 4.86. The first kappa shape index (κ1) is 26.7. The standard InChI is InChI=1S/C22H19F6N3O4S/c1-2-35-17-10-19(32)30-11-15(17)14-5-3-4-12(21(14)23)9-20(33)31-16-7-6-13(22(29)34)8-18(16)36(24,25,26,27)28/h3-8,10-11H,2,9H2,1H3,(H2,29,34)(H,30,32)(H,31,33). The molecule has 0 unspecified atom stereocenters. The Labute approximate surface area is 200 Å². The highest BCUT2D eigenvalue weighted by molar-refractivity contribution is 8.45. The van der Waals surface area contributed by atoms with Crippen LogP contribution < -0.4 is 21.3 Å². The molecule has 3 aromatic rings. The summed E-state index contributed by atoms with van der Waals surface area (Å²) in [6.45, 7) is 1.79. The number of hydrogen-bond acceptors (Lipinski definition) is 4. The van der Waals surface area contributed by atoms with Crippen LogP contribution in [0.5, 0.6) is 5.75 Å². The quantitative estimate of drug-likeness (QED) is 0.330. The summed E-state index contributed by atoms with van der Waals surface area (Å²) in [6.07, 6.45) is 0.362. The fraction of sp³-hybridized carbons (Fsp3) is 0.136. The molecule has 36 heavy (non-hydrogen) atoms. The van der Waals surface area contributed by atoms with Gasteiger partial charge < -0.3 is 20.8 Å². The lowest BCUT2D eigenvalue weighted by atomic mass is 10.0. The molecule has 0 spiro atoms. The summed E-state index contributed by atoms with van der Waals surface area (Å²) in [6, 6.07) is 5.99. The largest absolute Gasteiger partial charge is 0.493 e. The van der Waals surface area contributed by atoms with Gasteiger partial charge in [-0.15, -0.1) is 0 Å². The van der Waals surface area contributed by atoms with E-state index in [1.54, 1.807) is 12.2 Å². The molecule has 2 amide bonds. The summed E-state index contributed by atoms with van der Waals surface area (Å²) in [5.41, 5.74) is 1.99. The number of amides is 2. The van der Waals surface area contributed by atoms with Crippen LogP contribution in [0.25, 0.3) is 11.1 Å². The highest BCUT2D eigenvalue weighted by atomic mass is 32.5. The molecule has 0 radical (unpaired) electrons. The van der Waals surface area contributed by atoms with Crippen LogP contribution in [-0.2, 0) is 11.2 Å². The van der Waals surface area contributed by atoms with E-state index in [2.05, 4.69) is 4.98 Å². The Morgan fingerprint density at radius 3 is 2.36 bits per heavy atom. The Morgan fingerprint density at radius 2 is 1.75 bits per heavy atom. The molecule has 194 valence electrons. The van der Waals surface area contributed by atoms with Gasteiger partial charge in [-0.2, -0.15) is 0 Å². The van der Waals surface area contributed by atoms with E-state index in [4.69, 9.17) is 10.5 Å². The normalized spacial score (nSPS) is 13.4. The molecule has 0 atom stereocenters. The molecule has 3 rings (SSSR count). The molecule has 0 bridgehead atoms. The third kappa shape index (κ3) is 6.00. The van der Waals surface area contributed by atoms with Crippen LogP contribution in [0.3, 0.4) is 0 Å². The van der Waals surface area contributed by atoms with Gasteiger partial charge in [0.05, 0.1) is 18.7 Å². The minimum atomic E-state index is -10.4. The van der Waals surface area contributed by atoms with Crippen LogP contribution in [0, 0.1) is 5.82 Å². The van der Waals surface area contributed by atoms with Gasteiger partial charge in [-0.1, -0.05) is 37.6 Å². The van der Waals surface area contributed by atoms with Crippen molar-refractivity contribution in [3.63, 3.8) is 0 Å². The molecule has 1 aromatic heterocycles. The number of ether oxygens (including phenoxy) is 1. The second kappa shape index (κ2) is 8.62. The van der Waals surface area contributed by atoms with Gasteiger partial charge in [-0.05, 0) is 30.7 Å². The molecule has 1 heterocycles. The van der Waals surface area contributed by atoms with Crippen LogP contribution in [0.2, 0.25) is 0 Å². The zero-order valence-corrected chi connectivity index (χ0v) is 19.2. The zero-order chi connectivity index (χ0) is 27.0. The number of hydrogen-bond donors (Lipinski definition) is 3. The summed E-state index contributed by atoms with van der Waals surface area (Å²) in [4.78, 5) is 35.1. The molecule has 0 aliphatic carbocycles. The second-order valence-electron chi connectivity index (χ2n) is 7.56. The number of benzene rings is 2. The van der Waals surface area contributed by atoms with E-state index in [0.29, 0.717) is 6.07 Å². The number of pyridine rings is 1. The number of primary amides is 1. The number of nitrogens with one attached hydrogen (secondary N) is 2. The van der Waals surface area contributed by atoms with Crippen molar-refractivity contribution in [1.82, 2.24) is 4.98 Å². The van der Waals surface area contributed by atoms with Crippen LogP contribution in [-0.4, -0.2) is 23.4 Å². The first-order valence-corrected chi connectivity index (χ1v) is 12.1. The molecule has 14 heteroatoms. The Bertz CT molecular complexity index is 1430. The van der Waals surface area contributed by atoms with Gasteiger partial charge in [-0.3, -0.25) is 14.4 Å². The van der Waals surface area contributed by atoms with E-state index in [0.717, 1.165) is 12.1 Å². The number of H-pyrrole nitrogens is 1. The minimum Gasteiger partial charge on any atom is -0.493 e. The van der Waals surface area contributed by atoms with E-state index < -0.39 is 56.0 Å². The van der Waals surface area contributed by atoms with Gasteiger partial charge in [0.2, 0.25) is 11.8 Å². The molecule has 2 aromatic carbocycles. The molecule has 7 nitrogen and oxygen atoms in total. The van der Waals surface area contributed by atoms with Gasteiger partial charge in [0.1, 0.15) is 16.5 Å². The third-order valence-corrected chi connectivity index (χ3v) is 6.03. The van der Waals surface area contributed by atoms with E-state index in [-0.39, 0.29) is 35.1 Å². The van der Waals surface area contributed by atoms with Gasteiger partial charge >= 0.3 is 10.2 Å². The minimum absolute atomic E-state index is 0.0526. The molecule has 0 saturated heterocycles. The number of nitrogens with two attached hydrogens (primary N) is 1. The topological polar surface area (TPSA) is 114 Å². The van der Waals surface area contributed by atoms with Crippen molar-refractivity contribution in [1.29, 1.82) is 0 Å². The fourth-order valence-electron chi connectivity index (χ4n) is 3.33. The second-order valence-corrected chi connectivity index (χ2v) is 9.93. The van der Waals surface area contributed by atoms with Crippen molar-refractivity contribution >= 4 is 27.7 Å². The van der Waals surface area contributed by atoms with Gasteiger partial charge in [0, 0.05) is 29.0 Å². The summed E-state index contributed by atoms with van der Waals surface area (Å²) in [5, 5.41) is 1.71. The number of anilines is 1. The van der Waals surface area contributed by atoms with Crippen LogP contribution in [0.4, 0.5) is 29.5 Å². The van der Waals surface area contributed by atoms with Crippen molar-refractivity contribution in [3.8, 4) is 16.9 Å². The zero-order valence-electron chi connectivity index (χ0n) is 18.4. The van der Waals surface area contributed by atoms with Crippen molar-refractivity contribution in [3.05, 3.63) is 76.0 Å². The predicted molar refractivity (Wildman–Crippen MR) is 122 cm³/mol. The Hall–Kier alpha value is -3.94. The first-order valence-electron chi connectivity index (χ1n) is 10.1. The van der Waals surface area contributed by atoms with E-state index in [1.807, 2.05) is 0 Å². The van der Waals surface area contributed by atoms with Crippen molar-refractivity contribution in [2.75, 3.05) is 11.9 Å². The summed E-state index contributed by atoms with van der Waals surface area (Å²) in [7, 11) is -10.4. The van der Waals surface area contributed by atoms with Crippen LogP contribution >= 0.6 is 10.2 Å². The number of rotatable bonds is 8. The van der Waals surface area contributed by atoms with Crippen LogP contribution in [0.15, 0.2) is 58.4 Å². The summed E-state index contributed by atoms with van der Waals surface area (Å²) in [5.74, 6) is -3.52. The van der Waals surface area contributed by atoms with Crippen molar-refractivity contribution in [2.45, 2.75) is 18.2 Å². The average Bonchev–Trinajstić information content (AvgIpc) is 2.74. The molecule has 0 fully saturated rings. The maximum atomic E-state index is 15.2. The Balaban J connectivity index is 1.97. The Morgan fingerprint density at radius 1 is 1.06 bits per heavy atom. The number of halogens is 6. The highest BCUT2D eigenvalue weighted by Gasteiger charge is 2.67. The van der Waals surface area contributed by atoms with Gasteiger partial charge in [0.15, 0.2) is 0 Å². The molecule has 0 saturated carbocycles. The molecule has 0 aliphatic heterocycles. The maximum absolute atomic E-state index is 15.2. The lowest BCUT2D eigenvalue weighted by molar-refractivity contribution is -0.115. The first-order chi connectivity index (χ1) is 16.5. The molecule has 4 N–H and O–H groups in total. The van der Waals surface area contributed by atoms with Gasteiger partial charge in [0.25, 0.3) is 5.56 Å². The lowest BCUT2D eigenvalue weighted by Gasteiger charge is -2.41. The summed E-state index contributed by atoms with van der Waals surface area (Å²) < 4.78 is 88.4. The molecular weight excluding hydrogens is 516 g/mol. The monoisotopic (exact) mass is 535 g/mol. The van der Waals surface area contributed by atoms with Crippen molar-refractivity contribution in [2.24, 2.45) is 5.73 Å². The van der Waals surface area contributed by atoms with Gasteiger partial charge in [-0.25, -0.2) is 4.39 Å². The molecule has 0 aliphatic rings. The number of carbonyl (C=O) groups excluding carboxylic acids is 2. The highest BCUT2D eigenvalue weighted by Crippen LogP contribution is 3.02. The SMILES string of the molecule is CCOc1cc(=O)[nH]cc1-c1cccc(CC(=O)Nc2ccc(C(N)=O)cc2S(F)(F)(F)(F)F)c1F. The number of aromatic amines is 1. The van der Waals surface area contributed by atoms with E-state index >= 15 is 4.39 Å². The predicted octanol–water partition coefficient (Wildman–Crippen LogP) is 5.52. The van der Waals surface area contributed by atoms with Crippen LogP contribution in [0.1, 0.15) is 22.8 Å². The average molecular weight is 535 g/mol. The lowest BCUT2D eigenvalue weighted by Crippen LogP contribution is -2.20. The van der Waals surface area contributed by atoms with E-state index in [1.165, 1.54) is 24.4 Å². The molecular formula is C22H19F6N3O4S. The van der Waals surface area contributed by atoms with E-state index in [9.17, 15) is 33.8 Å². The fourth-order valence-corrected chi connectivity index (χ4v) is 4.21. The number of aromatic nitrogens is 1. The summed E-state index contributed by atoms with van der Waals surface area (Å²) >= 11 is 0. The smallest absolute Gasteiger partial charge is 0.312 e. The Kier molecular flexibility index (Phi) is 6.38. The van der Waals surface area contributed by atoms with Crippen molar-refractivity contribution < 1.29 is 38.1 Å². The number of carbonyl (C=O) groups is 2. The maximum Gasteiger partial charge on any atom is 0.312 e.